The minimum absolute atomic E-state index is 0.0338. The van der Waals surface area contributed by atoms with E-state index in [0.29, 0.717) is 6.10 Å². The second kappa shape index (κ2) is 10.2. The number of nitrogens with zero attached hydrogens (tertiary/aromatic N) is 2. The third-order valence-electron chi connectivity index (χ3n) is 5.65. The van der Waals surface area contributed by atoms with Crippen LogP contribution < -0.4 is 5.32 Å². The number of hydrogen-bond acceptors (Lipinski definition) is 5. The van der Waals surface area contributed by atoms with Crippen LogP contribution in [0, 0.1) is 0 Å². The molecule has 6 heteroatoms. The van der Waals surface area contributed by atoms with Crippen molar-refractivity contribution < 1.29 is 9.53 Å². The van der Waals surface area contributed by atoms with Gasteiger partial charge in [0.25, 0.3) is 5.91 Å². The molecule has 0 aliphatic carbocycles. The van der Waals surface area contributed by atoms with E-state index >= 15 is 0 Å². The van der Waals surface area contributed by atoms with E-state index in [-0.39, 0.29) is 11.9 Å². The summed E-state index contributed by atoms with van der Waals surface area (Å²) in [5.41, 5.74) is 1.93. The molecule has 0 spiro atoms. The molecule has 2 aromatic rings. The lowest BCUT2D eigenvalue weighted by molar-refractivity contribution is 0.0613. The van der Waals surface area contributed by atoms with Crippen LogP contribution in [0.4, 0.5) is 0 Å². The molecule has 1 aromatic heterocycles. The van der Waals surface area contributed by atoms with Crippen LogP contribution in [0.25, 0.3) is 0 Å². The summed E-state index contributed by atoms with van der Waals surface area (Å²) in [4.78, 5) is 19.4. The maximum atomic E-state index is 12.6. The Morgan fingerprint density at radius 3 is 2.66 bits per heavy atom. The molecule has 0 bridgehead atoms. The Balaban J connectivity index is 1.20. The quantitative estimate of drug-likeness (QED) is 0.704. The molecular formula is C23H29N3O2S. The van der Waals surface area contributed by atoms with Crippen molar-refractivity contribution in [2.24, 2.45) is 0 Å². The highest BCUT2D eigenvalue weighted by atomic mass is 32.2. The fraction of sp³-hybridized carbons (Fsp3) is 0.478. The van der Waals surface area contributed by atoms with Gasteiger partial charge >= 0.3 is 0 Å². The molecule has 154 valence electrons. The Morgan fingerprint density at radius 1 is 1.14 bits per heavy atom. The molecule has 5 nitrogen and oxygen atoms in total. The van der Waals surface area contributed by atoms with E-state index < -0.39 is 0 Å². The summed E-state index contributed by atoms with van der Waals surface area (Å²) in [6.07, 6.45) is 6.62. The molecule has 1 amide bonds. The van der Waals surface area contributed by atoms with E-state index in [4.69, 9.17) is 4.74 Å². The highest BCUT2D eigenvalue weighted by Crippen LogP contribution is 2.21. The molecule has 29 heavy (non-hydrogen) atoms. The van der Waals surface area contributed by atoms with Crippen LogP contribution in [0.15, 0.2) is 53.7 Å². The second-order valence-corrected chi connectivity index (χ2v) is 8.83. The summed E-state index contributed by atoms with van der Waals surface area (Å²) in [5, 5.41) is 4.23. The first-order valence-electron chi connectivity index (χ1n) is 10.5. The summed E-state index contributed by atoms with van der Waals surface area (Å²) in [6, 6.07) is 14.1. The molecule has 1 N–H and O–H groups in total. The minimum atomic E-state index is 0.0338. The Labute approximate surface area is 177 Å². The van der Waals surface area contributed by atoms with Gasteiger partial charge in [-0.1, -0.05) is 18.2 Å². The Morgan fingerprint density at radius 2 is 1.97 bits per heavy atom. The molecule has 1 unspecified atom stereocenters. The number of benzene rings is 1. The van der Waals surface area contributed by atoms with Crippen LogP contribution in [0.5, 0.6) is 0 Å². The minimum Gasteiger partial charge on any atom is -0.377 e. The lowest BCUT2D eigenvalue weighted by Gasteiger charge is -2.33. The Hall–Kier alpha value is -1.89. The zero-order valence-electron chi connectivity index (χ0n) is 16.8. The SMILES string of the molecule is O=C(NC1CCN(CC2CCCO2)CC1)c1ccc(CSc2ccccn2)cc1. The molecule has 2 saturated heterocycles. The average Bonchev–Trinajstić information content (AvgIpc) is 3.28. The molecule has 3 heterocycles. The van der Waals surface area contributed by atoms with Crippen LogP contribution in [0.2, 0.25) is 0 Å². The molecule has 2 aliphatic rings. The molecule has 4 rings (SSSR count). The summed E-state index contributed by atoms with van der Waals surface area (Å²) in [5.74, 6) is 0.883. The summed E-state index contributed by atoms with van der Waals surface area (Å²) in [6.45, 7) is 4.03. The van der Waals surface area contributed by atoms with Crippen molar-refractivity contribution in [3.8, 4) is 0 Å². The van der Waals surface area contributed by atoms with Gasteiger partial charge in [0.1, 0.15) is 0 Å². The van der Waals surface area contributed by atoms with Gasteiger partial charge in [-0.25, -0.2) is 4.98 Å². The number of thioether (sulfide) groups is 1. The van der Waals surface area contributed by atoms with Crippen molar-refractivity contribution in [1.29, 1.82) is 0 Å². The van der Waals surface area contributed by atoms with Gasteiger partial charge in [0.2, 0.25) is 0 Å². The highest BCUT2D eigenvalue weighted by Gasteiger charge is 2.24. The summed E-state index contributed by atoms with van der Waals surface area (Å²) >= 11 is 1.70. The maximum Gasteiger partial charge on any atom is 0.251 e. The number of pyridine rings is 1. The topological polar surface area (TPSA) is 54.5 Å². The number of amides is 1. The number of rotatable bonds is 7. The van der Waals surface area contributed by atoms with Gasteiger partial charge in [-0.2, -0.15) is 0 Å². The van der Waals surface area contributed by atoms with E-state index in [2.05, 4.69) is 15.2 Å². The lowest BCUT2D eigenvalue weighted by atomic mass is 10.0. The fourth-order valence-corrected chi connectivity index (χ4v) is 4.76. The zero-order valence-corrected chi connectivity index (χ0v) is 17.6. The normalized spacial score (nSPS) is 20.6. The molecule has 0 saturated carbocycles. The lowest BCUT2D eigenvalue weighted by Crippen LogP contribution is -2.46. The largest absolute Gasteiger partial charge is 0.377 e. The highest BCUT2D eigenvalue weighted by molar-refractivity contribution is 7.98. The van der Waals surface area contributed by atoms with Crippen molar-refractivity contribution in [2.75, 3.05) is 26.2 Å². The third kappa shape index (κ3) is 6.04. The number of nitrogens with one attached hydrogen (secondary N) is 1. The van der Waals surface area contributed by atoms with Crippen LogP contribution in [-0.2, 0) is 10.5 Å². The monoisotopic (exact) mass is 411 g/mol. The van der Waals surface area contributed by atoms with Crippen LogP contribution in [-0.4, -0.2) is 54.2 Å². The number of piperidine rings is 1. The first-order chi connectivity index (χ1) is 14.3. The number of hydrogen-bond donors (Lipinski definition) is 1. The Kier molecular flexibility index (Phi) is 7.19. The molecule has 0 radical (unpaired) electrons. The predicted molar refractivity (Wildman–Crippen MR) is 116 cm³/mol. The molecule has 1 atom stereocenters. The molecular weight excluding hydrogens is 382 g/mol. The smallest absolute Gasteiger partial charge is 0.251 e. The van der Waals surface area contributed by atoms with Crippen molar-refractivity contribution >= 4 is 17.7 Å². The van der Waals surface area contributed by atoms with Crippen LogP contribution >= 0.6 is 11.8 Å². The first-order valence-corrected chi connectivity index (χ1v) is 11.5. The van der Waals surface area contributed by atoms with Crippen molar-refractivity contribution in [3.63, 3.8) is 0 Å². The van der Waals surface area contributed by atoms with E-state index in [1.165, 1.54) is 18.4 Å². The van der Waals surface area contributed by atoms with Gasteiger partial charge in [-0.3, -0.25) is 4.79 Å². The van der Waals surface area contributed by atoms with Crippen molar-refractivity contribution in [3.05, 3.63) is 59.8 Å². The van der Waals surface area contributed by atoms with Crippen LogP contribution in [0.1, 0.15) is 41.6 Å². The van der Waals surface area contributed by atoms with Crippen molar-refractivity contribution in [1.82, 2.24) is 15.2 Å². The van der Waals surface area contributed by atoms with Gasteiger partial charge in [0, 0.05) is 49.8 Å². The van der Waals surface area contributed by atoms with Gasteiger partial charge in [0.15, 0.2) is 0 Å². The van der Waals surface area contributed by atoms with Crippen molar-refractivity contribution in [2.45, 2.75) is 48.6 Å². The number of carbonyl (C=O) groups is 1. The summed E-state index contributed by atoms with van der Waals surface area (Å²) < 4.78 is 5.74. The maximum absolute atomic E-state index is 12.6. The summed E-state index contributed by atoms with van der Waals surface area (Å²) in [7, 11) is 0. The number of ether oxygens (including phenoxy) is 1. The predicted octanol–water partition coefficient (Wildman–Crippen LogP) is 3.75. The second-order valence-electron chi connectivity index (χ2n) is 7.84. The fourth-order valence-electron chi connectivity index (χ4n) is 3.95. The van der Waals surface area contributed by atoms with Gasteiger partial charge in [-0.05, 0) is 55.5 Å². The van der Waals surface area contributed by atoms with E-state index in [0.717, 1.165) is 55.4 Å². The number of likely N-dealkylation sites (tertiary alicyclic amines) is 1. The van der Waals surface area contributed by atoms with Gasteiger partial charge in [0.05, 0.1) is 11.1 Å². The average molecular weight is 412 g/mol. The third-order valence-corrected chi connectivity index (χ3v) is 6.66. The van der Waals surface area contributed by atoms with E-state index in [9.17, 15) is 4.79 Å². The van der Waals surface area contributed by atoms with E-state index in [1.54, 1.807) is 11.8 Å². The molecule has 1 aromatic carbocycles. The zero-order chi connectivity index (χ0) is 19.9. The van der Waals surface area contributed by atoms with E-state index in [1.807, 2.05) is 48.7 Å². The number of aromatic nitrogens is 1. The molecule has 2 fully saturated rings. The standard InChI is InChI=1S/C23H29N3O2S/c27-23(25-20-10-13-26(14-11-20)16-21-4-3-15-28-21)19-8-6-18(7-9-19)17-29-22-5-1-2-12-24-22/h1-2,5-9,12,20-21H,3-4,10-11,13-17H2,(H,25,27). The number of carbonyl (C=O) groups excluding carboxylic acids is 1. The molecule has 2 aliphatic heterocycles. The van der Waals surface area contributed by atoms with Gasteiger partial charge < -0.3 is 15.0 Å². The Bertz CT molecular complexity index is 770. The first kappa shape index (κ1) is 20.4. The van der Waals surface area contributed by atoms with Gasteiger partial charge in [-0.15, -0.1) is 11.8 Å². The van der Waals surface area contributed by atoms with Crippen LogP contribution in [0.3, 0.4) is 0 Å².